The number of rotatable bonds is 3. The van der Waals surface area contributed by atoms with Crippen LogP contribution in [0.15, 0.2) is 30.0 Å². The number of hydrogen-bond donors (Lipinski definition) is 0. The molecule has 0 radical (unpaired) electrons. The fourth-order valence-corrected chi connectivity index (χ4v) is 3.70. The van der Waals surface area contributed by atoms with Crippen LogP contribution in [0.1, 0.15) is 34.9 Å². The first-order chi connectivity index (χ1) is 9.33. The zero-order valence-electron chi connectivity index (χ0n) is 11.2. The third-order valence-electron chi connectivity index (χ3n) is 3.86. The molecule has 0 amide bonds. The minimum absolute atomic E-state index is 0.567. The van der Waals surface area contributed by atoms with E-state index >= 15 is 0 Å². The number of piperidine rings is 1. The molecule has 1 atom stereocenters. The molecule has 0 bridgehead atoms. The van der Waals surface area contributed by atoms with E-state index in [1.165, 1.54) is 35.5 Å². The summed E-state index contributed by atoms with van der Waals surface area (Å²) in [5.41, 5.74) is 2.62. The molecule has 0 aliphatic carbocycles. The van der Waals surface area contributed by atoms with Crippen LogP contribution in [-0.4, -0.2) is 28.0 Å². The van der Waals surface area contributed by atoms with Crippen molar-refractivity contribution in [2.75, 3.05) is 13.1 Å². The number of thiophene rings is 1. The topological polar surface area (TPSA) is 29.0 Å². The average molecular weight is 273 g/mol. The molecule has 3 nitrogen and oxygen atoms in total. The van der Waals surface area contributed by atoms with Crippen LogP contribution >= 0.6 is 11.3 Å². The van der Waals surface area contributed by atoms with Gasteiger partial charge in [-0.25, -0.2) is 9.97 Å². The highest BCUT2D eigenvalue weighted by atomic mass is 32.1. The van der Waals surface area contributed by atoms with Crippen molar-refractivity contribution in [1.82, 2.24) is 14.9 Å². The molecule has 0 N–H and O–H groups in total. The maximum Gasteiger partial charge on any atom is 0.115 e. The monoisotopic (exact) mass is 273 g/mol. The van der Waals surface area contributed by atoms with Gasteiger partial charge in [-0.05, 0) is 49.4 Å². The summed E-state index contributed by atoms with van der Waals surface area (Å²) in [7, 11) is 0. The Labute approximate surface area is 118 Å². The number of aryl methyl sites for hydroxylation is 1. The first-order valence-electron chi connectivity index (χ1n) is 6.84. The molecule has 2 aromatic rings. The van der Waals surface area contributed by atoms with Crippen LogP contribution in [0.5, 0.6) is 0 Å². The van der Waals surface area contributed by atoms with Crippen LogP contribution in [0.4, 0.5) is 0 Å². The van der Waals surface area contributed by atoms with Crippen molar-refractivity contribution in [3.63, 3.8) is 0 Å². The molecule has 19 heavy (non-hydrogen) atoms. The van der Waals surface area contributed by atoms with Gasteiger partial charge in [-0.15, -0.1) is 11.3 Å². The van der Waals surface area contributed by atoms with Crippen LogP contribution < -0.4 is 0 Å². The largest absolute Gasteiger partial charge is 0.298 e. The first kappa shape index (κ1) is 12.8. The standard InChI is InChI=1S/C15H19N3S/c1-12-5-8-19-15(12)10-18-7-2-3-13(9-18)14-4-6-16-11-17-14/h4-6,8,11,13H,2-3,7,9-10H2,1H3/t13-/m0/s1. The molecule has 0 aromatic carbocycles. The molecule has 0 spiro atoms. The highest BCUT2D eigenvalue weighted by molar-refractivity contribution is 7.10. The Morgan fingerprint density at radius 1 is 1.42 bits per heavy atom. The minimum atomic E-state index is 0.567. The van der Waals surface area contributed by atoms with Crippen LogP contribution in [-0.2, 0) is 6.54 Å². The summed E-state index contributed by atoms with van der Waals surface area (Å²) in [4.78, 5) is 12.5. The van der Waals surface area contributed by atoms with E-state index in [0.29, 0.717) is 5.92 Å². The lowest BCUT2D eigenvalue weighted by molar-refractivity contribution is 0.199. The van der Waals surface area contributed by atoms with Crippen molar-refractivity contribution in [3.8, 4) is 0 Å². The summed E-state index contributed by atoms with van der Waals surface area (Å²) in [5, 5.41) is 2.19. The smallest absolute Gasteiger partial charge is 0.115 e. The van der Waals surface area contributed by atoms with Crippen molar-refractivity contribution in [2.24, 2.45) is 0 Å². The Morgan fingerprint density at radius 2 is 2.37 bits per heavy atom. The summed E-state index contributed by atoms with van der Waals surface area (Å²) in [6.07, 6.45) is 6.03. The van der Waals surface area contributed by atoms with Crippen molar-refractivity contribution in [2.45, 2.75) is 32.2 Å². The van der Waals surface area contributed by atoms with E-state index < -0.39 is 0 Å². The summed E-state index contributed by atoms with van der Waals surface area (Å²) >= 11 is 1.87. The normalized spacial score (nSPS) is 20.6. The Morgan fingerprint density at radius 3 is 3.11 bits per heavy atom. The summed E-state index contributed by atoms with van der Waals surface area (Å²) in [6.45, 7) is 5.62. The second-order valence-electron chi connectivity index (χ2n) is 5.24. The Hall–Kier alpha value is -1.26. The molecule has 3 heterocycles. The lowest BCUT2D eigenvalue weighted by Crippen LogP contribution is -2.34. The van der Waals surface area contributed by atoms with Crippen LogP contribution in [0.2, 0.25) is 0 Å². The SMILES string of the molecule is Cc1ccsc1CN1CCC[C@H](c2ccncn2)C1. The zero-order chi connectivity index (χ0) is 13.1. The summed E-state index contributed by atoms with van der Waals surface area (Å²) < 4.78 is 0. The number of nitrogens with zero attached hydrogens (tertiary/aromatic N) is 3. The van der Waals surface area contributed by atoms with Gasteiger partial charge >= 0.3 is 0 Å². The molecule has 1 aliphatic heterocycles. The third-order valence-corrected chi connectivity index (χ3v) is 4.87. The van der Waals surface area contributed by atoms with Crippen molar-refractivity contribution >= 4 is 11.3 Å². The molecule has 0 unspecified atom stereocenters. The summed E-state index contributed by atoms with van der Waals surface area (Å²) in [5.74, 6) is 0.567. The highest BCUT2D eigenvalue weighted by Gasteiger charge is 2.22. The van der Waals surface area contributed by atoms with Crippen molar-refractivity contribution in [1.29, 1.82) is 0 Å². The molecular weight excluding hydrogens is 254 g/mol. The van der Waals surface area contributed by atoms with E-state index in [4.69, 9.17) is 0 Å². The molecule has 0 saturated carbocycles. The average Bonchev–Trinajstić information content (AvgIpc) is 2.86. The second-order valence-corrected chi connectivity index (χ2v) is 6.24. The number of likely N-dealkylation sites (tertiary alicyclic amines) is 1. The van der Waals surface area contributed by atoms with Crippen LogP contribution in [0.25, 0.3) is 0 Å². The summed E-state index contributed by atoms with van der Waals surface area (Å²) in [6, 6.07) is 4.27. The first-order valence-corrected chi connectivity index (χ1v) is 7.72. The lowest BCUT2D eigenvalue weighted by atomic mass is 9.94. The number of aromatic nitrogens is 2. The Bertz CT molecular complexity index is 523. The molecule has 1 aliphatic rings. The van der Waals surface area contributed by atoms with Gasteiger partial charge in [0.15, 0.2) is 0 Å². The highest BCUT2D eigenvalue weighted by Crippen LogP contribution is 2.27. The lowest BCUT2D eigenvalue weighted by Gasteiger charge is -2.32. The maximum atomic E-state index is 4.42. The minimum Gasteiger partial charge on any atom is -0.298 e. The van der Waals surface area contributed by atoms with E-state index in [1.807, 2.05) is 17.5 Å². The molecule has 1 fully saturated rings. The van der Waals surface area contributed by atoms with E-state index in [-0.39, 0.29) is 0 Å². The van der Waals surface area contributed by atoms with Gasteiger partial charge in [0.25, 0.3) is 0 Å². The predicted molar refractivity (Wildman–Crippen MR) is 78.3 cm³/mol. The fourth-order valence-electron chi connectivity index (χ4n) is 2.75. The number of hydrogen-bond acceptors (Lipinski definition) is 4. The quantitative estimate of drug-likeness (QED) is 0.859. The van der Waals surface area contributed by atoms with Crippen molar-refractivity contribution < 1.29 is 0 Å². The van der Waals surface area contributed by atoms with Crippen molar-refractivity contribution in [3.05, 3.63) is 46.2 Å². The van der Waals surface area contributed by atoms with Gasteiger partial charge in [0.05, 0.1) is 0 Å². The molecule has 3 rings (SSSR count). The predicted octanol–water partition coefficient (Wildman–Crippen LogP) is 3.23. The molecule has 100 valence electrons. The Balaban J connectivity index is 1.67. The second kappa shape index (κ2) is 5.80. The Kier molecular flexibility index (Phi) is 3.89. The van der Waals surface area contributed by atoms with Gasteiger partial charge in [0.2, 0.25) is 0 Å². The van der Waals surface area contributed by atoms with E-state index in [2.05, 4.69) is 39.3 Å². The molecule has 2 aromatic heterocycles. The third kappa shape index (κ3) is 3.01. The van der Waals surface area contributed by atoms with Crippen LogP contribution in [0, 0.1) is 6.92 Å². The maximum absolute atomic E-state index is 4.42. The van der Waals surface area contributed by atoms with Gasteiger partial charge in [0, 0.05) is 35.8 Å². The van der Waals surface area contributed by atoms with E-state index in [9.17, 15) is 0 Å². The van der Waals surface area contributed by atoms with Gasteiger partial charge in [-0.1, -0.05) is 0 Å². The van der Waals surface area contributed by atoms with Gasteiger partial charge in [0.1, 0.15) is 6.33 Å². The molecular formula is C15H19N3S. The van der Waals surface area contributed by atoms with Gasteiger partial charge in [-0.2, -0.15) is 0 Å². The van der Waals surface area contributed by atoms with Crippen LogP contribution in [0.3, 0.4) is 0 Å². The van der Waals surface area contributed by atoms with Gasteiger partial charge < -0.3 is 0 Å². The molecule has 1 saturated heterocycles. The zero-order valence-corrected chi connectivity index (χ0v) is 12.1. The fraction of sp³-hybridized carbons (Fsp3) is 0.467. The van der Waals surface area contributed by atoms with E-state index in [0.717, 1.165) is 13.1 Å². The van der Waals surface area contributed by atoms with E-state index in [1.54, 1.807) is 6.33 Å². The molecule has 4 heteroatoms. The van der Waals surface area contributed by atoms with Gasteiger partial charge in [-0.3, -0.25) is 4.90 Å².